The van der Waals surface area contributed by atoms with Gasteiger partial charge in [0.15, 0.2) is 11.6 Å². The summed E-state index contributed by atoms with van der Waals surface area (Å²) >= 11 is 1.61. The quantitative estimate of drug-likeness (QED) is 0.886. The van der Waals surface area contributed by atoms with Crippen molar-refractivity contribution in [2.45, 2.75) is 33.7 Å². The van der Waals surface area contributed by atoms with E-state index in [-0.39, 0.29) is 11.9 Å². The van der Waals surface area contributed by atoms with Crippen LogP contribution in [-0.2, 0) is 0 Å². The molecule has 0 amide bonds. The van der Waals surface area contributed by atoms with Crippen molar-refractivity contribution in [3.05, 3.63) is 27.6 Å². The Morgan fingerprint density at radius 3 is 2.70 bits per heavy atom. The van der Waals surface area contributed by atoms with Crippen LogP contribution in [0.1, 0.15) is 35.5 Å². The fourth-order valence-corrected chi connectivity index (χ4v) is 2.86. The van der Waals surface area contributed by atoms with Gasteiger partial charge in [-0.25, -0.2) is 14.4 Å². The summed E-state index contributed by atoms with van der Waals surface area (Å²) in [5, 5.41) is 7.05. The predicted octanol–water partition coefficient (Wildman–Crippen LogP) is 3.29. The highest BCUT2D eigenvalue weighted by atomic mass is 32.1. The molecule has 0 radical (unpaired) electrons. The zero-order valence-corrected chi connectivity index (χ0v) is 12.8. The maximum atomic E-state index is 13.8. The van der Waals surface area contributed by atoms with E-state index in [2.05, 4.69) is 25.6 Å². The highest BCUT2D eigenvalue weighted by molar-refractivity contribution is 7.11. The summed E-state index contributed by atoms with van der Waals surface area (Å²) in [5.41, 5.74) is 0.967. The maximum Gasteiger partial charge on any atom is 0.224 e. The summed E-state index contributed by atoms with van der Waals surface area (Å²) in [7, 11) is 0. The van der Waals surface area contributed by atoms with Gasteiger partial charge in [0.05, 0.1) is 22.9 Å². The number of aromatic nitrogens is 3. The first-order chi connectivity index (χ1) is 9.51. The van der Waals surface area contributed by atoms with E-state index in [1.165, 1.54) is 6.20 Å². The SMILES string of the molecule is CCNc1ncc(F)c(NC(C)c2sc(C)nc2C)n1. The minimum absolute atomic E-state index is 0.0555. The Labute approximate surface area is 121 Å². The van der Waals surface area contributed by atoms with Crippen molar-refractivity contribution < 1.29 is 4.39 Å². The van der Waals surface area contributed by atoms with Gasteiger partial charge < -0.3 is 10.6 Å². The number of halogens is 1. The summed E-state index contributed by atoms with van der Waals surface area (Å²) in [4.78, 5) is 13.5. The van der Waals surface area contributed by atoms with Crippen molar-refractivity contribution in [2.24, 2.45) is 0 Å². The smallest absolute Gasteiger partial charge is 0.224 e. The van der Waals surface area contributed by atoms with E-state index in [1.54, 1.807) is 11.3 Å². The minimum Gasteiger partial charge on any atom is -0.360 e. The third kappa shape index (κ3) is 3.22. The van der Waals surface area contributed by atoms with Gasteiger partial charge >= 0.3 is 0 Å². The Bertz CT molecular complexity index is 598. The van der Waals surface area contributed by atoms with Crippen LogP contribution in [0.25, 0.3) is 0 Å². The van der Waals surface area contributed by atoms with Crippen molar-refractivity contribution in [1.82, 2.24) is 15.0 Å². The first kappa shape index (κ1) is 14.6. The van der Waals surface area contributed by atoms with Crippen molar-refractivity contribution in [1.29, 1.82) is 0 Å². The van der Waals surface area contributed by atoms with E-state index in [0.717, 1.165) is 15.6 Å². The number of nitrogens with one attached hydrogen (secondary N) is 2. The normalized spacial score (nSPS) is 12.2. The molecular formula is C13H18FN5S. The molecule has 2 rings (SSSR count). The molecule has 0 fully saturated rings. The van der Waals surface area contributed by atoms with Crippen LogP contribution < -0.4 is 10.6 Å². The Kier molecular flexibility index (Phi) is 4.49. The van der Waals surface area contributed by atoms with Gasteiger partial charge in [0.1, 0.15) is 0 Å². The molecule has 2 aromatic rings. The molecule has 1 atom stereocenters. The number of aryl methyl sites for hydroxylation is 2. The number of rotatable bonds is 5. The van der Waals surface area contributed by atoms with E-state index in [9.17, 15) is 4.39 Å². The van der Waals surface area contributed by atoms with Crippen LogP contribution in [0.15, 0.2) is 6.20 Å². The first-order valence-electron chi connectivity index (χ1n) is 6.48. The molecule has 0 saturated carbocycles. The Hall–Kier alpha value is -1.76. The van der Waals surface area contributed by atoms with Gasteiger partial charge in [-0.2, -0.15) is 4.98 Å². The number of thiazole rings is 1. The van der Waals surface area contributed by atoms with Crippen LogP contribution in [0, 0.1) is 19.7 Å². The lowest BCUT2D eigenvalue weighted by atomic mass is 10.2. The predicted molar refractivity (Wildman–Crippen MR) is 79.8 cm³/mol. The number of anilines is 2. The highest BCUT2D eigenvalue weighted by Gasteiger charge is 2.16. The Morgan fingerprint density at radius 2 is 2.10 bits per heavy atom. The maximum absolute atomic E-state index is 13.8. The van der Waals surface area contributed by atoms with E-state index in [1.807, 2.05) is 27.7 Å². The van der Waals surface area contributed by atoms with Crippen molar-refractivity contribution in [2.75, 3.05) is 17.2 Å². The van der Waals surface area contributed by atoms with Crippen molar-refractivity contribution in [3.8, 4) is 0 Å². The lowest BCUT2D eigenvalue weighted by Gasteiger charge is -2.14. The van der Waals surface area contributed by atoms with Crippen LogP contribution in [0.2, 0.25) is 0 Å². The summed E-state index contributed by atoms with van der Waals surface area (Å²) in [5.74, 6) is 0.159. The molecule has 7 heteroatoms. The fraction of sp³-hybridized carbons (Fsp3) is 0.462. The summed E-state index contributed by atoms with van der Waals surface area (Å²) in [6.07, 6.45) is 1.17. The molecule has 0 aromatic carbocycles. The van der Waals surface area contributed by atoms with E-state index in [4.69, 9.17) is 0 Å². The van der Waals surface area contributed by atoms with E-state index < -0.39 is 5.82 Å². The van der Waals surface area contributed by atoms with Crippen LogP contribution in [0.4, 0.5) is 16.2 Å². The Morgan fingerprint density at radius 1 is 1.35 bits per heavy atom. The zero-order chi connectivity index (χ0) is 14.7. The molecule has 0 aliphatic carbocycles. The van der Waals surface area contributed by atoms with Crippen LogP contribution in [-0.4, -0.2) is 21.5 Å². The molecule has 0 aliphatic rings. The lowest BCUT2D eigenvalue weighted by molar-refractivity contribution is 0.614. The average Bonchev–Trinajstić information content (AvgIpc) is 2.73. The third-order valence-corrected chi connectivity index (χ3v) is 4.02. The molecule has 5 nitrogen and oxygen atoms in total. The third-order valence-electron chi connectivity index (χ3n) is 2.76. The van der Waals surface area contributed by atoms with Crippen LogP contribution in [0.5, 0.6) is 0 Å². The summed E-state index contributed by atoms with van der Waals surface area (Å²) in [6, 6.07) is -0.0555. The van der Waals surface area contributed by atoms with Gasteiger partial charge in [-0.3, -0.25) is 0 Å². The number of nitrogens with zero attached hydrogens (tertiary/aromatic N) is 3. The fourth-order valence-electron chi connectivity index (χ4n) is 1.93. The van der Waals surface area contributed by atoms with Gasteiger partial charge in [0.25, 0.3) is 0 Å². The second kappa shape index (κ2) is 6.13. The number of hydrogen-bond donors (Lipinski definition) is 2. The first-order valence-corrected chi connectivity index (χ1v) is 7.29. The zero-order valence-electron chi connectivity index (χ0n) is 12.0. The highest BCUT2D eigenvalue weighted by Crippen LogP contribution is 2.27. The lowest BCUT2D eigenvalue weighted by Crippen LogP contribution is -2.11. The summed E-state index contributed by atoms with van der Waals surface area (Å²) in [6.45, 7) is 8.51. The summed E-state index contributed by atoms with van der Waals surface area (Å²) < 4.78 is 13.8. The monoisotopic (exact) mass is 295 g/mol. The molecule has 0 bridgehead atoms. The molecule has 0 spiro atoms. The molecule has 108 valence electrons. The average molecular weight is 295 g/mol. The van der Waals surface area contributed by atoms with E-state index in [0.29, 0.717) is 12.5 Å². The second-order valence-electron chi connectivity index (χ2n) is 4.47. The standard InChI is InChI=1S/C13H18FN5S/c1-5-15-13-16-6-10(14)12(19-13)18-8(3)11-7(2)17-9(4)20-11/h6,8H,5H2,1-4H3,(H2,15,16,18,19). The van der Waals surface area contributed by atoms with Gasteiger partial charge in [-0.15, -0.1) is 11.3 Å². The molecule has 0 saturated heterocycles. The molecule has 2 N–H and O–H groups in total. The Balaban J connectivity index is 2.20. The van der Waals surface area contributed by atoms with Crippen molar-refractivity contribution in [3.63, 3.8) is 0 Å². The molecule has 1 unspecified atom stereocenters. The second-order valence-corrected chi connectivity index (χ2v) is 5.70. The minimum atomic E-state index is -0.461. The largest absolute Gasteiger partial charge is 0.360 e. The van der Waals surface area contributed by atoms with Crippen molar-refractivity contribution >= 4 is 23.1 Å². The van der Waals surface area contributed by atoms with Gasteiger partial charge in [-0.1, -0.05) is 0 Å². The van der Waals surface area contributed by atoms with Gasteiger partial charge in [0, 0.05) is 11.4 Å². The molecule has 2 aromatic heterocycles. The molecule has 2 heterocycles. The van der Waals surface area contributed by atoms with Crippen LogP contribution in [0.3, 0.4) is 0 Å². The molecular weight excluding hydrogens is 277 g/mol. The topological polar surface area (TPSA) is 62.7 Å². The molecule has 20 heavy (non-hydrogen) atoms. The van der Waals surface area contributed by atoms with Crippen LogP contribution >= 0.6 is 11.3 Å². The molecule has 0 aliphatic heterocycles. The number of hydrogen-bond acceptors (Lipinski definition) is 6. The van der Waals surface area contributed by atoms with E-state index >= 15 is 0 Å². The van der Waals surface area contributed by atoms with Gasteiger partial charge in [0.2, 0.25) is 5.95 Å². The van der Waals surface area contributed by atoms with Gasteiger partial charge in [-0.05, 0) is 27.7 Å².